The van der Waals surface area contributed by atoms with Crippen LogP contribution in [0.2, 0.25) is 0 Å². The molecule has 1 aromatic carbocycles. The van der Waals surface area contributed by atoms with E-state index in [1.165, 1.54) is 11.8 Å². The van der Waals surface area contributed by atoms with Crippen molar-refractivity contribution in [3.8, 4) is 0 Å². The van der Waals surface area contributed by atoms with Crippen LogP contribution in [0.5, 0.6) is 0 Å². The van der Waals surface area contributed by atoms with Crippen molar-refractivity contribution < 1.29 is 4.39 Å². The monoisotopic (exact) mass is 268 g/mol. The number of hydrogen-bond acceptors (Lipinski definition) is 3. The van der Waals surface area contributed by atoms with Crippen LogP contribution in [0.3, 0.4) is 0 Å². The average Bonchev–Trinajstić information content (AvgIpc) is 2.37. The van der Waals surface area contributed by atoms with Gasteiger partial charge in [-0.15, -0.1) is 0 Å². The van der Waals surface area contributed by atoms with E-state index in [1.54, 1.807) is 6.07 Å². The lowest BCUT2D eigenvalue weighted by Crippen LogP contribution is -2.44. The van der Waals surface area contributed by atoms with Crippen molar-refractivity contribution in [3.05, 3.63) is 35.1 Å². The molecule has 1 saturated heterocycles. The van der Waals surface area contributed by atoms with E-state index < -0.39 is 0 Å². The fourth-order valence-corrected chi connectivity index (χ4v) is 3.54. The van der Waals surface area contributed by atoms with Gasteiger partial charge in [-0.25, -0.2) is 4.39 Å². The lowest BCUT2D eigenvalue weighted by Gasteiger charge is -2.37. The molecule has 4 heteroatoms. The van der Waals surface area contributed by atoms with Crippen LogP contribution in [0.4, 0.5) is 4.39 Å². The molecule has 0 radical (unpaired) electrons. The van der Waals surface area contributed by atoms with Gasteiger partial charge in [-0.05, 0) is 30.2 Å². The van der Waals surface area contributed by atoms with Crippen LogP contribution in [0, 0.1) is 5.82 Å². The number of thioether (sulfide) groups is 1. The Labute approximate surface area is 113 Å². The van der Waals surface area contributed by atoms with Gasteiger partial charge in [-0.2, -0.15) is 11.8 Å². The first-order chi connectivity index (χ1) is 8.61. The van der Waals surface area contributed by atoms with Crippen LogP contribution >= 0.6 is 11.8 Å². The SMILES string of the molecule is CC1SCCN(Cc2ccc(F)cc2CN)C1C. The van der Waals surface area contributed by atoms with Gasteiger partial charge in [-0.1, -0.05) is 13.0 Å². The molecule has 1 aliphatic rings. The molecule has 0 spiro atoms. The molecular formula is C14H21FN2S. The van der Waals surface area contributed by atoms with Crippen molar-refractivity contribution in [3.63, 3.8) is 0 Å². The van der Waals surface area contributed by atoms with E-state index in [-0.39, 0.29) is 5.82 Å². The Hall–Kier alpha value is -0.580. The maximum Gasteiger partial charge on any atom is 0.123 e. The van der Waals surface area contributed by atoms with Gasteiger partial charge in [0.2, 0.25) is 0 Å². The molecule has 2 unspecified atom stereocenters. The van der Waals surface area contributed by atoms with Crippen molar-refractivity contribution in [1.29, 1.82) is 0 Å². The summed E-state index contributed by atoms with van der Waals surface area (Å²) >= 11 is 2.03. The molecule has 0 bridgehead atoms. The molecular weight excluding hydrogens is 247 g/mol. The van der Waals surface area contributed by atoms with Crippen LogP contribution < -0.4 is 5.73 Å². The minimum absolute atomic E-state index is 0.199. The van der Waals surface area contributed by atoms with E-state index in [4.69, 9.17) is 5.73 Å². The van der Waals surface area contributed by atoms with Gasteiger partial charge in [-0.3, -0.25) is 4.90 Å². The smallest absolute Gasteiger partial charge is 0.123 e. The highest BCUT2D eigenvalue weighted by atomic mass is 32.2. The van der Waals surface area contributed by atoms with Gasteiger partial charge in [0, 0.05) is 36.7 Å². The first kappa shape index (κ1) is 13.8. The van der Waals surface area contributed by atoms with E-state index in [0.29, 0.717) is 17.8 Å². The molecule has 2 rings (SSSR count). The maximum absolute atomic E-state index is 13.2. The van der Waals surface area contributed by atoms with Gasteiger partial charge in [0.1, 0.15) is 5.82 Å². The second-order valence-corrected chi connectivity index (χ2v) is 6.39. The second-order valence-electron chi connectivity index (χ2n) is 4.90. The molecule has 100 valence electrons. The van der Waals surface area contributed by atoms with Gasteiger partial charge in [0.25, 0.3) is 0 Å². The summed E-state index contributed by atoms with van der Waals surface area (Å²) in [4.78, 5) is 2.47. The summed E-state index contributed by atoms with van der Waals surface area (Å²) in [5, 5.41) is 0.653. The topological polar surface area (TPSA) is 29.3 Å². The molecule has 2 atom stereocenters. The van der Waals surface area contributed by atoms with Crippen LogP contribution in [-0.2, 0) is 13.1 Å². The van der Waals surface area contributed by atoms with Crippen molar-refractivity contribution in [2.24, 2.45) is 5.73 Å². The Bertz CT molecular complexity index is 411. The summed E-state index contributed by atoms with van der Waals surface area (Å²) in [7, 11) is 0. The zero-order valence-corrected chi connectivity index (χ0v) is 11.8. The number of benzene rings is 1. The van der Waals surface area contributed by atoms with Crippen LogP contribution in [0.1, 0.15) is 25.0 Å². The van der Waals surface area contributed by atoms with Gasteiger partial charge < -0.3 is 5.73 Å². The highest BCUT2D eigenvalue weighted by molar-refractivity contribution is 8.00. The average molecular weight is 268 g/mol. The number of nitrogens with zero attached hydrogens (tertiary/aromatic N) is 1. The van der Waals surface area contributed by atoms with Crippen molar-refractivity contribution in [2.45, 2.75) is 38.2 Å². The maximum atomic E-state index is 13.2. The third kappa shape index (κ3) is 3.05. The summed E-state index contributed by atoms with van der Waals surface area (Å²) < 4.78 is 13.2. The lowest BCUT2D eigenvalue weighted by atomic mass is 10.1. The fraction of sp³-hybridized carbons (Fsp3) is 0.571. The Morgan fingerprint density at radius 2 is 2.17 bits per heavy atom. The third-order valence-electron chi connectivity index (χ3n) is 3.78. The molecule has 0 aromatic heterocycles. The van der Waals surface area contributed by atoms with E-state index in [9.17, 15) is 4.39 Å². The van der Waals surface area contributed by atoms with Crippen molar-refractivity contribution in [2.75, 3.05) is 12.3 Å². The second kappa shape index (κ2) is 6.04. The highest BCUT2D eigenvalue weighted by Gasteiger charge is 2.25. The zero-order chi connectivity index (χ0) is 13.1. The van der Waals surface area contributed by atoms with E-state index >= 15 is 0 Å². The van der Waals surface area contributed by atoms with Crippen LogP contribution in [-0.4, -0.2) is 28.5 Å². The molecule has 1 heterocycles. The van der Waals surface area contributed by atoms with Crippen LogP contribution in [0.15, 0.2) is 18.2 Å². The predicted molar refractivity (Wildman–Crippen MR) is 76.1 cm³/mol. The Kier molecular flexibility index (Phi) is 4.65. The molecule has 0 amide bonds. The van der Waals surface area contributed by atoms with Gasteiger partial charge in [0.15, 0.2) is 0 Å². The van der Waals surface area contributed by atoms with Crippen LogP contribution in [0.25, 0.3) is 0 Å². The molecule has 0 aliphatic carbocycles. The van der Waals surface area contributed by atoms with E-state index in [0.717, 1.165) is 24.2 Å². The number of rotatable bonds is 3. The van der Waals surface area contributed by atoms with E-state index in [1.807, 2.05) is 17.8 Å². The Morgan fingerprint density at radius 3 is 2.89 bits per heavy atom. The number of halogens is 1. The molecule has 0 saturated carbocycles. The standard InChI is InChI=1S/C14H21FN2S/c1-10-11(2)18-6-5-17(10)9-12-3-4-14(15)7-13(12)8-16/h3-4,7,10-11H,5-6,8-9,16H2,1-2H3. The molecule has 2 nitrogen and oxygen atoms in total. The summed E-state index contributed by atoms with van der Waals surface area (Å²) in [6.07, 6.45) is 0. The Balaban J connectivity index is 2.13. The summed E-state index contributed by atoms with van der Waals surface area (Å²) in [5.74, 6) is 0.972. The Morgan fingerprint density at radius 1 is 1.39 bits per heavy atom. The summed E-state index contributed by atoms with van der Waals surface area (Å²) in [6.45, 7) is 6.91. The summed E-state index contributed by atoms with van der Waals surface area (Å²) in [5.41, 5.74) is 7.78. The normalized spacial score (nSPS) is 25.3. The first-order valence-corrected chi connectivity index (χ1v) is 7.49. The molecule has 2 N–H and O–H groups in total. The third-order valence-corrected chi connectivity index (χ3v) is 5.11. The molecule has 1 fully saturated rings. The first-order valence-electron chi connectivity index (χ1n) is 6.45. The molecule has 18 heavy (non-hydrogen) atoms. The fourth-order valence-electron chi connectivity index (χ4n) is 2.38. The van der Waals surface area contributed by atoms with Crippen molar-refractivity contribution in [1.82, 2.24) is 4.90 Å². The minimum atomic E-state index is -0.199. The zero-order valence-electron chi connectivity index (χ0n) is 11.0. The molecule has 1 aromatic rings. The summed E-state index contributed by atoms with van der Waals surface area (Å²) in [6, 6.07) is 5.51. The van der Waals surface area contributed by atoms with Gasteiger partial charge >= 0.3 is 0 Å². The quantitative estimate of drug-likeness (QED) is 0.913. The van der Waals surface area contributed by atoms with Gasteiger partial charge in [0.05, 0.1) is 0 Å². The molecule has 1 aliphatic heterocycles. The van der Waals surface area contributed by atoms with Crippen molar-refractivity contribution >= 4 is 11.8 Å². The minimum Gasteiger partial charge on any atom is -0.326 e. The number of hydrogen-bond donors (Lipinski definition) is 1. The largest absolute Gasteiger partial charge is 0.326 e. The highest BCUT2D eigenvalue weighted by Crippen LogP contribution is 2.26. The predicted octanol–water partition coefficient (Wildman–Crippen LogP) is 2.61. The lowest BCUT2D eigenvalue weighted by molar-refractivity contribution is 0.204. The van der Waals surface area contributed by atoms with E-state index in [2.05, 4.69) is 18.7 Å². The number of nitrogens with two attached hydrogens (primary N) is 1.